The summed E-state index contributed by atoms with van der Waals surface area (Å²) in [5, 5.41) is 10.6. The summed E-state index contributed by atoms with van der Waals surface area (Å²) in [5.74, 6) is 0. The first-order valence-electron chi connectivity index (χ1n) is 11.9. The van der Waals surface area contributed by atoms with Crippen molar-refractivity contribution in [1.82, 2.24) is 0 Å². The molecule has 0 aromatic heterocycles. The standard InChI is InChI=1S/C34H20/c1-2-7-21(8-3-1)25-14-13-22-15-16-26-27-11-6-12-28-30-18-23-9-4-5-10-24(23)19-31(30)33(34(27)28)20-32(26)29(22)17-25/h1-20H. The molecule has 0 saturated heterocycles. The maximum Gasteiger partial charge on any atom is -0.00199 e. The molecule has 0 fully saturated rings. The lowest BCUT2D eigenvalue weighted by atomic mass is 9.92. The predicted molar refractivity (Wildman–Crippen MR) is 146 cm³/mol. The Morgan fingerprint density at radius 1 is 0.294 bits per heavy atom. The van der Waals surface area contributed by atoms with Gasteiger partial charge in [-0.2, -0.15) is 0 Å². The van der Waals surface area contributed by atoms with Crippen molar-refractivity contribution in [2.24, 2.45) is 0 Å². The largest absolute Gasteiger partial charge is 0.0622 e. The molecule has 0 bridgehead atoms. The smallest absolute Gasteiger partial charge is 0.00199 e. The summed E-state index contributed by atoms with van der Waals surface area (Å²) in [7, 11) is 0. The number of fused-ring (bicyclic) bond motifs is 8. The van der Waals surface area contributed by atoms with Crippen LogP contribution in [0.4, 0.5) is 0 Å². The molecule has 0 amide bonds. The number of rotatable bonds is 1. The summed E-state index contributed by atoms with van der Waals surface area (Å²) in [6.45, 7) is 0. The molecule has 0 heteroatoms. The summed E-state index contributed by atoms with van der Waals surface area (Å²) >= 11 is 0. The molecule has 156 valence electrons. The fraction of sp³-hybridized carbons (Fsp3) is 0. The van der Waals surface area contributed by atoms with Gasteiger partial charge in [-0.15, -0.1) is 0 Å². The van der Waals surface area contributed by atoms with E-state index in [2.05, 4.69) is 121 Å². The van der Waals surface area contributed by atoms with E-state index in [1.807, 2.05) is 0 Å². The van der Waals surface area contributed by atoms with Crippen LogP contribution in [-0.4, -0.2) is 0 Å². The minimum Gasteiger partial charge on any atom is -0.0622 e. The summed E-state index contributed by atoms with van der Waals surface area (Å²) in [5.41, 5.74) is 7.93. The van der Waals surface area contributed by atoms with Crippen molar-refractivity contribution >= 4 is 43.1 Å². The molecule has 0 aliphatic heterocycles. The van der Waals surface area contributed by atoms with Crippen LogP contribution >= 0.6 is 0 Å². The highest BCUT2D eigenvalue weighted by atomic mass is 14.3. The molecule has 0 heterocycles. The van der Waals surface area contributed by atoms with Crippen LogP contribution in [0.2, 0.25) is 0 Å². The molecule has 0 saturated carbocycles. The van der Waals surface area contributed by atoms with E-state index >= 15 is 0 Å². The zero-order valence-electron chi connectivity index (χ0n) is 18.5. The zero-order valence-corrected chi connectivity index (χ0v) is 18.5. The van der Waals surface area contributed by atoms with E-state index in [9.17, 15) is 0 Å². The van der Waals surface area contributed by atoms with Crippen LogP contribution in [-0.2, 0) is 0 Å². The average Bonchev–Trinajstić information content (AvgIpc) is 3.21. The highest BCUT2D eigenvalue weighted by Crippen LogP contribution is 2.51. The van der Waals surface area contributed by atoms with Gasteiger partial charge in [0.1, 0.15) is 0 Å². The molecule has 1 aliphatic carbocycles. The summed E-state index contributed by atoms with van der Waals surface area (Å²) in [6.07, 6.45) is 0. The number of hydrogen-bond donors (Lipinski definition) is 0. The third-order valence-electron chi connectivity index (χ3n) is 7.55. The first kappa shape index (κ1) is 18.1. The normalized spacial score (nSPS) is 12.1. The third kappa shape index (κ3) is 2.37. The van der Waals surface area contributed by atoms with Crippen LogP contribution < -0.4 is 0 Å². The first-order chi connectivity index (χ1) is 16.8. The van der Waals surface area contributed by atoms with Crippen molar-refractivity contribution in [2.75, 3.05) is 0 Å². The van der Waals surface area contributed by atoms with Crippen molar-refractivity contribution in [3.8, 4) is 33.4 Å². The van der Waals surface area contributed by atoms with Crippen molar-refractivity contribution in [2.45, 2.75) is 0 Å². The van der Waals surface area contributed by atoms with Gasteiger partial charge >= 0.3 is 0 Å². The SMILES string of the molecule is c1ccc(-c2ccc3ccc4c5cccc6c5c(cc4c3c2)-c2cc3ccccc3cc2-6)cc1. The predicted octanol–water partition coefficient (Wildman–Crippen LogP) is 9.61. The minimum atomic E-state index is 1.26. The van der Waals surface area contributed by atoms with Crippen LogP contribution in [0.5, 0.6) is 0 Å². The second-order valence-corrected chi connectivity index (χ2v) is 9.36. The Balaban J connectivity index is 1.51. The zero-order chi connectivity index (χ0) is 22.2. The van der Waals surface area contributed by atoms with Gasteiger partial charge in [0.25, 0.3) is 0 Å². The quantitative estimate of drug-likeness (QED) is 0.228. The topological polar surface area (TPSA) is 0 Å². The molecular weight excluding hydrogens is 408 g/mol. The van der Waals surface area contributed by atoms with E-state index in [1.165, 1.54) is 76.5 Å². The van der Waals surface area contributed by atoms with Crippen LogP contribution in [0, 0.1) is 0 Å². The number of benzene rings is 7. The lowest BCUT2D eigenvalue weighted by Crippen LogP contribution is -1.85. The van der Waals surface area contributed by atoms with Crippen LogP contribution in [0.15, 0.2) is 121 Å². The molecule has 0 radical (unpaired) electrons. The van der Waals surface area contributed by atoms with Crippen LogP contribution in [0.3, 0.4) is 0 Å². The molecule has 0 N–H and O–H groups in total. The molecule has 0 spiro atoms. The van der Waals surface area contributed by atoms with Gasteiger partial charge < -0.3 is 0 Å². The lowest BCUT2D eigenvalue weighted by Gasteiger charge is -2.12. The van der Waals surface area contributed by atoms with E-state index < -0.39 is 0 Å². The van der Waals surface area contributed by atoms with Gasteiger partial charge in [-0.05, 0) is 101 Å². The van der Waals surface area contributed by atoms with Gasteiger partial charge in [0.15, 0.2) is 0 Å². The van der Waals surface area contributed by atoms with Crippen molar-refractivity contribution in [3.63, 3.8) is 0 Å². The highest BCUT2D eigenvalue weighted by Gasteiger charge is 2.23. The molecule has 0 atom stereocenters. The van der Waals surface area contributed by atoms with Gasteiger partial charge in [-0.3, -0.25) is 0 Å². The van der Waals surface area contributed by atoms with E-state index in [1.54, 1.807) is 0 Å². The van der Waals surface area contributed by atoms with E-state index in [0.717, 1.165) is 0 Å². The Hall–Kier alpha value is -4.42. The molecule has 1 aliphatic rings. The van der Waals surface area contributed by atoms with Crippen LogP contribution in [0.1, 0.15) is 0 Å². The molecule has 0 nitrogen and oxygen atoms in total. The second-order valence-electron chi connectivity index (χ2n) is 9.36. The Labute approximate surface area is 197 Å². The van der Waals surface area contributed by atoms with Gasteiger partial charge in [0.2, 0.25) is 0 Å². The number of hydrogen-bond acceptors (Lipinski definition) is 0. The maximum absolute atomic E-state index is 2.44. The van der Waals surface area contributed by atoms with E-state index in [-0.39, 0.29) is 0 Å². The molecule has 7 aromatic carbocycles. The fourth-order valence-corrected chi connectivity index (χ4v) is 5.95. The molecule has 8 rings (SSSR count). The van der Waals surface area contributed by atoms with Crippen molar-refractivity contribution < 1.29 is 0 Å². The fourth-order valence-electron chi connectivity index (χ4n) is 5.95. The minimum absolute atomic E-state index is 1.26. The Morgan fingerprint density at radius 3 is 1.85 bits per heavy atom. The lowest BCUT2D eigenvalue weighted by molar-refractivity contribution is 1.65. The van der Waals surface area contributed by atoms with Gasteiger partial charge in [0.05, 0.1) is 0 Å². The Kier molecular flexibility index (Phi) is 3.48. The van der Waals surface area contributed by atoms with Gasteiger partial charge in [-0.1, -0.05) is 97.1 Å². The average molecular weight is 429 g/mol. The maximum atomic E-state index is 2.44. The summed E-state index contributed by atoms with van der Waals surface area (Å²) in [4.78, 5) is 0. The van der Waals surface area contributed by atoms with E-state index in [4.69, 9.17) is 0 Å². The first-order valence-corrected chi connectivity index (χ1v) is 11.9. The molecule has 0 unspecified atom stereocenters. The summed E-state index contributed by atoms with van der Waals surface area (Å²) in [6, 6.07) is 44.8. The monoisotopic (exact) mass is 428 g/mol. The molecule has 34 heavy (non-hydrogen) atoms. The highest BCUT2D eigenvalue weighted by molar-refractivity contribution is 6.27. The van der Waals surface area contributed by atoms with Gasteiger partial charge in [-0.25, -0.2) is 0 Å². The molecular formula is C34H20. The van der Waals surface area contributed by atoms with E-state index in [0.29, 0.717) is 0 Å². The van der Waals surface area contributed by atoms with Crippen LogP contribution in [0.25, 0.3) is 76.5 Å². The molecule has 7 aromatic rings. The summed E-state index contributed by atoms with van der Waals surface area (Å²) < 4.78 is 0. The van der Waals surface area contributed by atoms with Crippen molar-refractivity contribution in [1.29, 1.82) is 0 Å². The third-order valence-corrected chi connectivity index (χ3v) is 7.55. The van der Waals surface area contributed by atoms with Gasteiger partial charge in [0, 0.05) is 0 Å². The Morgan fingerprint density at radius 2 is 1.03 bits per heavy atom. The second kappa shape index (κ2) is 6.56. The Bertz CT molecular complexity index is 1940. The van der Waals surface area contributed by atoms with Crippen molar-refractivity contribution in [3.05, 3.63) is 121 Å².